The molecular weight excluding hydrogens is 438 g/mol. The standard InChI is InChI=1S/C25H29N3O4S/c1-5-7-17(12-23(29)30)28-21-13-18(32-6-2)8-9-20(21)27(25(28)31)14-19-24-16(4)10-15(3)11-22(24)33-26-19/h8-11,13,17H,5-7,12,14H2,1-4H3,(H,29,30). The summed E-state index contributed by atoms with van der Waals surface area (Å²) >= 11 is 1.44. The molecule has 174 valence electrons. The molecule has 0 spiro atoms. The summed E-state index contributed by atoms with van der Waals surface area (Å²) in [6.07, 6.45) is 1.27. The summed E-state index contributed by atoms with van der Waals surface area (Å²) in [6, 6.07) is 9.39. The highest BCUT2D eigenvalue weighted by atomic mass is 32.1. The summed E-state index contributed by atoms with van der Waals surface area (Å²) in [7, 11) is 0. The van der Waals surface area contributed by atoms with Crippen LogP contribution in [0.5, 0.6) is 5.75 Å². The van der Waals surface area contributed by atoms with Crippen molar-refractivity contribution >= 4 is 38.6 Å². The lowest BCUT2D eigenvalue weighted by molar-refractivity contribution is -0.137. The van der Waals surface area contributed by atoms with Crippen LogP contribution in [0.15, 0.2) is 35.1 Å². The van der Waals surface area contributed by atoms with Crippen molar-refractivity contribution in [1.82, 2.24) is 13.5 Å². The number of aliphatic carboxylic acids is 1. The lowest BCUT2D eigenvalue weighted by Gasteiger charge is -2.16. The summed E-state index contributed by atoms with van der Waals surface area (Å²) in [5, 5.41) is 10.6. The predicted octanol–water partition coefficient (Wildman–Crippen LogP) is 5.29. The van der Waals surface area contributed by atoms with Crippen molar-refractivity contribution in [3.8, 4) is 5.75 Å². The number of rotatable bonds is 9. The fraction of sp³-hybridized carbons (Fsp3) is 0.400. The first-order chi connectivity index (χ1) is 15.8. The number of carboxylic acid groups (broad SMARTS) is 1. The fourth-order valence-corrected chi connectivity index (χ4v) is 5.62. The molecule has 0 aliphatic heterocycles. The first kappa shape index (κ1) is 23.0. The monoisotopic (exact) mass is 467 g/mol. The topological polar surface area (TPSA) is 86.3 Å². The molecule has 2 aromatic carbocycles. The van der Waals surface area contributed by atoms with Gasteiger partial charge in [0.2, 0.25) is 0 Å². The zero-order chi connectivity index (χ0) is 23.7. The molecule has 1 N–H and O–H groups in total. The zero-order valence-corrected chi connectivity index (χ0v) is 20.2. The van der Waals surface area contributed by atoms with Gasteiger partial charge >= 0.3 is 11.7 Å². The van der Waals surface area contributed by atoms with Gasteiger partial charge in [-0.15, -0.1) is 0 Å². The van der Waals surface area contributed by atoms with E-state index in [4.69, 9.17) is 4.74 Å². The highest BCUT2D eigenvalue weighted by Crippen LogP contribution is 2.30. The summed E-state index contributed by atoms with van der Waals surface area (Å²) in [5.41, 5.74) is 4.40. The van der Waals surface area contributed by atoms with Crippen molar-refractivity contribution < 1.29 is 14.6 Å². The molecule has 33 heavy (non-hydrogen) atoms. The minimum atomic E-state index is -0.918. The van der Waals surface area contributed by atoms with Crippen LogP contribution in [0.4, 0.5) is 0 Å². The van der Waals surface area contributed by atoms with Crippen molar-refractivity contribution in [1.29, 1.82) is 0 Å². The lowest BCUT2D eigenvalue weighted by atomic mass is 10.1. The quantitative estimate of drug-likeness (QED) is 0.361. The largest absolute Gasteiger partial charge is 0.494 e. The molecule has 0 saturated carbocycles. The Kier molecular flexibility index (Phi) is 6.56. The summed E-state index contributed by atoms with van der Waals surface area (Å²) in [4.78, 5) is 25.3. The molecule has 4 rings (SSSR count). The Morgan fingerprint density at radius 2 is 1.97 bits per heavy atom. The molecule has 4 aromatic rings. The van der Waals surface area contributed by atoms with E-state index in [0.717, 1.165) is 33.3 Å². The molecule has 0 radical (unpaired) electrons. The van der Waals surface area contributed by atoms with Gasteiger partial charge in [-0.2, -0.15) is 4.37 Å². The molecule has 0 aliphatic rings. The van der Waals surface area contributed by atoms with E-state index < -0.39 is 12.0 Å². The maximum Gasteiger partial charge on any atom is 0.329 e. The number of carboxylic acids is 1. The fourth-order valence-electron chi connectivity index (χ4n) is 4.66. The van der Waals surface area contributed by atoms with Crippen LogP contribution in [0.2, 0.25) is 0 Å². The first-order valence-electron chi connectivity index (χ1n) is 11.3. The van der Waals surface area contributed by atoms with E-state index in [1.807, 2.05) is 32.0 Å². The van der Waals surface area contributed by atoms with E-state index in [1.54, 1.807) is 9.13 Å². The summed E-state index contributed by atoms with van der Waals surface area (Å²) < 4.78 is 14.8. The van der Waals surface area contributed by atoms with Gasteiger partial charge in [-0.1, -0.05) is 19.4 Å². The van der Waals surface area contributed by atoms with Crippen molar-refractivity contribution in [2.75, 3.05) is 6.61 Å². The second-order valence-corrected chi connectivity index (χ2v) is 9.25. The molecule has 1 atom stereocenters. The number of aromatic nitrogens is 3. The number of ether oxygens (including phenoxy) is 1. The van der Waals surface area contributed by atoms with E-state index in [0.29, 0.717) is 30.8 Å². The number of fused-ring (bicyclic) bond motifs is 2. The summed E-state index contributed by atoms with van der Waals surface area (Å²) in [6.45, 7) is 8.87. The number of hydrogen-bond donors (Lipinski definition) is 1. The van der Waals surface area contributed by atoms with Crippen LogP contribution in [-0.2, 0) is 11.3 Å². The van der Waals surface area contributed by atoms with E-state index >= 15 is 0 Å². The normalized spacial score (nSPS) is 12.5. The van der Waals surface area contributed by atoms with Gasteiger partial charge < -0.3 is 9.84 Å². The van der Waals surface area contributed by atoms with Crippen molar-refractivity contribution in [3.63, 3.8) is 0 Å². The predicted molar refractivity (Wildman–Crippen MR) is 132 cm³/mol. The SMILES string of the molecule is CCCC(CC(=O)O)n1c(=O)n(Cc2nsc3cc(C)cc(C)c23)c2ccc(OCC)cc21. The van der Waals surface area contributed by atoms with Gasteiger partial charge in [0.1, 0.15) is 5.75 Å². The van der Waals surface area contributed by atoms with Gasteiger partial charge in [-0.05, 0) is 68.1 Å². The molecular formula is C25H29N3O4S. The Morgan fingerprint density at radius 3 is 2.67 bits per heavy atom. The Morgan fingerprint density at radius 1 is 1.18 bits per heavy atom. The Hall–Kier alpha value is -3.13. The van der Waals surface area contributed by atoms with Crippen LogP contribution >= 0.6 is 11.5 Å². The van der Waals surface area contributed by atoms with Crippen LogP contribution < -0.4 is 10.4 Å². The van der Waals surface area contributed by atoms with Gasteiger partial charge in [0.05, 0.1) is 41.0 Å². The van der Waals surface area contributed by atoms with Crippen molar-refractivity contribution in [2.24, 2.45) is 0 Å². The highest BCUT2D eigenvalue weighted by Gasteiger charge is 2.24. The maximum atomic E-state index is 13.7. The number of carbonyl (C=O) groups is 1. The van der Waals surface area contributed by atoms with Crippen LogP contribution in [0, 0.1) is 13.8 Å². The van der Waals surface area contributed by atoms with Crippen LogP contribution in [-0.4, -0.2) is 31.2 Å². The third kappa shape index (κ3) is 4.39. The third-order valence-corrected chi connectivity index (χ3v) is 6.77. The van der Waals surface area contributed by atoms with Crippen LogP contribution in [0.1, 0.15) is 56.0 Å². The zero-order valence-electron chi connectivity index (χ0n) is 19.4. The smallest absolute Gasteiger partial charge is 0.329 e. The molecule has 1 unspecified atom stereocenters. The number of imidazole rings is 1. The molecule has 0 aliphatic carbocycles. The Balaban J connectivity index is 1.91. The minimum absolute atomic E-state index is 0.107. The lowest BCUT2D eigenvalue weighted by Crippen LogP contribution is -2.29. The molecule has 0 saturated heterocycles. The average molecular weight is 468 g/mol. The minimum Gasteiger partial charge on any atom is -0.494 e. The van der Waals surface area contributed by atoms with Gasteiger partial charge in [-0.3, -0.25) is 13.9 Å². The first-order valence-corrected chi connectivity index (χ1v) is 12.1. The van der Waals surface area contributed by atoms with Gasteiger partial charge in [-0.25, -0.2) is 4.79 Å². The molecule has 8 heteroatoms. The molecule has 2 heterocycles. The van der Waals surface area contributed by atoms with E-state index in [-0.39, 0.29) is 12.1 Å². The van der Waals surface area contributed by atoms with Gasteiger partial charge in [0, 0.05) is 17.5 Å². The average Bonchev–Trinajstić information content (AvgIpc) is 3.26. The number of hydrogen-bond acceptors (Lipinski definition) is 5. The number of benzene rings is 2. The highest BCUT2D eigenvalue weighted by molar-refractivity contribution is 7.13. The second kappa shape index (κ2) is 9.39. The maximum absolute atomic E-state index is 13.7. The van der Waals surface area contributed by atoms with Crippen molar-refractivity contribution in [3.05, 3.63) is 57.6 Å². The summed E-state index contributed by atoms with van der Waals surface area (Å²) in [5.74, 6) is -0.259. The molecule has 0 amide bonds. The number of aryl methyl sites for hydroxylation is 2. The molecule has 7 nitrogen and oxygen atoms in total. The van der Waals surface area contributed by atoms with Gasteiger partial charge in [0.25, 0.3) is 0 Å². The Bertz CT molecular complexity index is 1380. The number of nitrogens with zero attached hydrogens (tertiary/aromatic N) is 3. The van der Waals surface area contributed by atoms with E-state index in [2.05, 4.69) is 30.4 Å². The molecule has 2 aromatic heterocycles. The van der Waals surface area contributed by atoms with E-state index in [9.17, 15) is 14.7 Å². The molecule has 0 fully saturated rings. The van der Waals surface area contributed by atoms with Crippen LogP contribution in [0.25, 0.3) is 21.1 Å². The van der Waals surface area contributed by atoms with Crippen molar-refractivity contribution in [2.45, 2.75) is 59.5 Å². The second-order valence-electron chi connectivity index (χ2n) is 8.45. The van der Waals surface area contributed by atoms with Gasteiger partial charge in [0.15, 0.2) is 0 Å². The Labute approximate surface area is 196 Å². The van der Waals surface area contributed by atoms with E-state index in [1.165, 1.54) is 17.1 Å². The molecule has 0 bridgehead atoms. The van der Waals surface area contributed by atoms with Crippen LogP contribution in [0.3, 0.4) is 0 Å². The third-order valence-electron chi connectivity index (χ3n) is 5.94.